The van der Waals surface area contributed by atoms with E-state index in [4.69, 9.17) is 0 Å². The maximum Gasteiger partial charge on any atom is 0.0819 e. The predicted molar refractivity (Wildman–Crippen MR) is 73.2 cm³/mol. The maximum absolute atomic E-state index is 4.40. The lowest BCUT2D eigenvalue weighted by molar-refractivity contribution is 1.32. The van der Waals surface area contributed by atoms with Gasteiger partial charge in [-0.1, -0.05) is 24.3 Å². The first-order chi connectivity index (χ1) is 8.92. The summed E-state index contributed by atoms with van der Waals surface area (Å²) in [6.07, 6.45) is 7.08. The SMILES string of the molecule is C(=Nc1cnc2ccccc2c1)c1cccnc1. The van der Waals surface area contributed by atoms with Gasteiger partial charge in [0.1, 0.15) is 0 Å². The number of nitrogens with zero attached hydrogens (tertiary/aromatic N) is 3. The summed E-state index contributed by atoms with van der Waals surface area (Å²) in [4.78, 5) is 12.8. The van der Waals surface area contributed by atoms with Crippen LogP contribution < -0.4 is 0 Å². The van der Waals surface area contributed by atoms with E-state index in [9.17, 15) is 0 Å². The molecule has 0 aliphatic rings. The highest BCUT2D eigenvalue weighted by Gasteiger charge is 1.95. The number of fused-ring (bicyclic) bond motifs is 1. The highest BCUT2D eigenvalue weighted by molar-refractivity contribution is 5.84. The smallest absolute Gasteiger partial charge is 0.0819 e. The fourth-order valence-corrected chi connectivity index (χ4v) is 1.73. The molecule has 0 aliphatic heterocycles. The van der Waals surface area contributed by atoms with Gasteiger partial charge in [0.25, 0.3) is 0 Å². The van der Waals surface area contributed by atoms with Crippen LogP contribution in [0, 0.1) is 0 Å². The van der Waals surface area contributed by atoms with E-state index in [1.54, 1.807) is 24.8 Å². The highest BCUT2D eigenvalue weighted by Crippen LogP contribution is 2.18. The van der Waals surface area contributed by atoms with E-state index in [2.05, 4.69) is 15.0 Å². The number of benzene rings is 1. The summed E-state index contributed by atoms with van der Waals surface area (Å²) >= 11 is 0. The Morgan fingerprint density at radius 2 is 1.94 bits per heavy atom. The first-order valence-corrected chi connectivity index (χ1v) is 5.71. The topological polar surface area (TPSA) is 38.1 Å². The zero-order chi connectivity index (χ0) is 12.2. The van der Waals surface area contributed by atoms with Crippen molar-refractivity contribution in [2.75, 3.05) is 0 Å². The van der Waals surface area contributed by atoms with E-state index in [1.165, 1.54) is 0 Å². The van der Waals surface area contributed by atoms with Crippen molar-refractivity contribution in [1.29, 1.82) is 0 Å². The van der Waals surface area contributed by atoms with Crippen molar-refractivity contribution in [2.24, 2.45) is 4.99 Å². The molecular formula is C15H11N3. The molecule has 0 amide bonds. The molecule has 0 bridgehead atoms. The van der Waals surface area contributed by atoms with Gasteiger partial charge in [-0.2, -0.15) is 0 Å². The minimum atomic E-state index is 0.845. The lowest BCUT2D eigenvalue weighted by Crippen LogP contribution is -1.82. The molecule has 0 N–H and O–H groups in total. The number of aliphatic imine (C=N–C) groups is 1. The fourth-order valence-electron chi connectivity index (χ4n) is 1.73. The Labute approximate surface area is 105 Å². The monoisotopic (exact) mass is 233 g/mol. The molecule has 0 spiro atoms. The van der Waals surface area contributed by atoms with Crippen molar-refractivity contribution >= 4 is 22.8 Å². The lowest BCUT2D eigenvalue weighted by atomic mass is 10.2. The largest absolute Gasteiger partial charge is 0.264 e. The Hall–Kier alpha value is -2.55. The fraction of sp³-hybridized carbons (Fsp3) is 0. The number of hydrogen-bond acceptors (Lipinski definition) is 3. The molecule has 0 unspecified atom stereocenters. The van der Waals surface area contributed by atoms with Crippen molar-refractivity contribution in [2.45, 2.75) is 0 Å². The van der Waals surface area contributed by atoms with Crippen molar-refractivity contribution in [3.8, 4) is 0 Å². The zero-order valence-electron chi connectivity index (χ0n) is 9.69. The molecule has 0 saturated carbocycles. The molecule has 0 fully saturated rings. The van der Waals surface area contributed by atoms with Crippen LogP contribution in [0.15, 0.2) is 66.0 Å². The van der Waals surface area contributed by atoms with E-state index in [0.717, 1.165) is 22.2 Å². The van der Waals surface area contributed by atoms with Crippen molar-refractivity contribution in [3.05, 3.63) is 66.6 Å². The van der Waals surface area contributed by atoms with Crippen molar-refractivity contribution in [3.63, 3.8) is 0 Å². The normalized spacial score (nSPS) is 11.1. The molecule has 3 nitrogen and oxygen atoms in total. The van der Waals surface area contributed by atoms with Crippen LogP contribution in [0.4, 0.5) is 5.69 Å². The van der Waals surface area contributed by atoms with Gasteiger partial charge in [0.15, 0.2) is 0 Å². The molecule has 2 aromatic heterocycles. The van der Waals surface area contributed by atoms with E-state index in [0.29, 0.717) is 0 Å². The molecule has 0 radical (unpaired) electrons. The summed E-state index contributed by atoms with van der Waals surface area (Å²) < 4.78 is 0. The predicted octanol–water partition coefficient (Wildman–Crippen LogP) is 3.38. The van der Waals surface area contributed by atoms with Crippen LogP contribution in [0.1, 0.15) is 5.56 Å². The first-order valence-electron chi connectivity index (χ1n) is 5.71. The number of para-hydroxylation sites is 1. The molecule has 3 rings (SSSR count). The minimum Gasteiger partial charge on any atom is -0.264 e. The molecule has 0 atom stereocenters. The van der Waals surface area contributed by atoms with Crippen LogP contribution in [0.5, 0.6) is 0 Å². The second kappa shape index (κ2) is 4.75. The number of aromatic nitrogens is 2. The third-order valence-electron chi connectivity index (χ3n) is 2.62. The maximum atomic E-state index is 4.40. The number of rotatable bonds is 2. The molecular weight excluding hydrogens is 222 g/mol. The average molecular weight is 233 g/mol. The van der Waals surface area contributed by atoms with Crippen LogP contribution in [0.3, 0.4) is 0 Å². The van der Waals surface area contributed by atoms with Gasteiger partial charge in [-0.15, -0.1) is 0 Å². The molecule has 3 aromatic rings. The van der Waals surface area contributed by atoms with Gasteiger partial charge in [-0.3, -0.25) is 15.0 Å². The van der Waals surface area contributed by atoms with Crippen LogP contribution in [0.2, 0.25) is 0 Å². The highest BCUT2D eigenvalue weighted by atomic mass is 14.8. The molecule has 86 valence electrons. The van der Waals surface area contributed by atoms with Gasteiger partial charge in [-0.25, -0.2) is 0 Å². The summed E-state index contributed by atoms with van der Waals surface area (Å²) in [5, 5.41) is 1.10. The lowest BCUT2D eigenvalue weighted by Gasteiger charge is -1.98. The van der Waals surface area contributed by atoms with Gasteiger partial charge in [-0.05, 0) is 18.2 Å². The summed E-state index contributed by atoms with van der Waals surface area (Å²) in [6.45, 7) is 0. The minimum absolute atomic E-state index is 0.845. The molecule has 2 heterocycles. The van der Waals surface area contributed by atoms with Crippen LogP contribution >= 0.6 is 0 Å². The van der Waals surface area contributed by atoms with Crippen molar-refractivity contribution in [1.82, 2.24) is 9.97 Å². The third-order valence-corrected chi connectivity index (χ3v) is 2.62. The Balaban J connectivity index is 1.93. The Bertz CT molecular complexity index is 690. The van der Waals surface area contributed by atoms with Crippen LogP contribution in [-0.2, 0) is 0 Å². The van der Waals surface area contributed by atoms with E-state index in [1.807, 2.05) is 42.5 Å². The Morgan fingerprint density at radius 3 is 2.83 bits per heavy atom. The van der Waals surface area contributed by atoms with Gasteiger partial charge in [0.2, 0.25) is 0 Å². The first kappa shape index (κ1) is 10.6. The van der Waals surface area contributed by atoms with E-state index < -0.39 is 0 Å². The molecule has 0 saturated heterocycles. The van der Waals surface area contributed by atoms with Crippen LogP contribution in [0.25, 0.3) is 10.9 Å². The second-order valence-corrected chi connectivity index (χ2v) is 3.93. The summed E-state index contributed by atoms with van der Waals surface area (Å²) in [7, 11) is 0. The third kappa shape index (κ3) is 2.25. The number of pyridine rings is 2. The Morgan fingerprint density at radius 1 is 1.00 bits per heavy atom. The van der Waals surface area contributed by atoms with Crippen LogP contribution in [-0.4, -0.2) is 16.2 Å². The van der Waals surface area contributed by atoms with Gasteiger partial charge >= 0.3 is 0 Å². The second-order valence-electron chi connectivity index (χ2n) is 3.93. The Kier molecular flexibility index (Phi) is 2.80. The summed E-state index contributed by atoms with van der Waals surface area (Å²) in [6, 6.07) is 13.9. The van der Waals surface area contributed by atoms with Gasteiger partial charge < -0.3 is 0 Å². The van der Waals surface area contributed by atoms with E-state index in [-0.39, 0.29) is 0 Å². The van der Waals surface area contributed by atoms with Gasteiger partial charge in [0, 0.05) is 29.6 Å². The summed E-state index contributed by atoms with van der Waals surface area (Å²) in [5.41, 5.74) is 2.81. The number of hydrogen-bond donors (Lipinski definition) is 0. The molecule has 1 aromatic carbocycles. The molecule has 0 aliphatic carbocycles. The molecule has 18 heavy (non-hydrogen) atoms. The van der Waals surface area contributed by atoms with Gasteiger partial charge in [0.05, 0.1) is 17.4 Å². The zero-order valence-corrected chi connectivity index (χ0v) is 9.69. The standard InChI is InChI=1S/C15H11N3/c1-2-6-15-13(5-1)8-14(11-18-15)17-10-12-4-3-7-16-9-12/h1-11H. The quantitative estimate of drug-likeness (QED) is 0.636. The average Bonchev–Trinajstić information content (AvgIpc) is 2.46. The van der Waals surface area contributed by atoms with E-state index >= 15 is 0 Å². The summed E-state index contributed by atoms with van der Waals surface area (Å²) in [5.74, 6) is 0. The molecule has 3 heteroatoms. The van der Waals surface area contributed by atoms with Crippen molar-refractivity contribution < 1.29 is 0 Å².